The van der Waals surface area contributed by atoms with E-state index < -0.39 is 18.6 Å². The monoisotopic (exact) mass is 501 g/mol. The van der Waals surface area contributed by atoms with Crippen LogP contribution in [0.2, 0.25) is 0 Å². The highest BCUT2D eigenvalue weighted by atomic mass is 19.4. The normalized spacial score (nSPS) is 17.2. The van der Waals surface area contributed by atoms with Gasteiger partial charge in [-0.3, -0.25) is 9.69 Å². The van der Waals surface area contributed by atoms with Gasteiger partial charge in [0.1, 0.15) is 17.5 Å². The number of nitrogens with zero attached hydrogens (tertiary/aromatic N) is 2. The van der Waals surface area contributed by atoms with E-state index in [9.17, 15) is 22.8 Å². The molecule has 8 nitrogen and oxygen atoms in total. The number of rotatable bonds is 5. The molecule has 3 aromatic rings. The van der Waals surface area contributed by atoms with E-state index in [-0.39, 0.29) is 30.3 Å². The molecule has 1 saturated heterocycles. The fourth-order valence-electron chi connectivity index (χ4n) is 4.55. The van der Waals surface area contributed by atoms with Crippen LogP contribution < -0.4 is 15.0 Å². The van der Waals surface area contributed by atoms with Crippen molar-refractivity contribution in [1.82, 2.24) is 10.5 Å². The highest BCUT2D eigenvalue weighted by Gasteiger charge is 2.35. The molecule has 1 aromatic heterocycles. The first-order valence-electron chi connectivity index (χ1n) is 11.4. The number of aromatic nitrogens is 1. The van der Waals surface area contributed by atoms with Gasteiger partial charge < -0.3 is 19.3 Å². The minimum atomic E-state index is -4.85. The van der Waals surface area contributed by atoms with E-state index >= 15 is 0 Å². The zero-order valence-corrected chi connectivity index (χ0v) is 19.2. The SMILES string of the molecule is CC(=O)NC[C@H]1CN(c2ccc3c(c2)-c2onc(-c4ccccc4OC(F)(F)F)c2CCC3)C(=O)O1. The largest absolute Gasteiger partial charge is 0.573 e. The smallest absolute Gasteiger partial charge is 0.442 e. The number of carbonyl (C=O) groups is 2. The molecule has 1 aliphatic carbocycles. The van der Waals surface area contributed by atoms with Crippen LogP contribution in [0, 0.1) is 0 Å². The second-order valence-corrected chi connectivity index (χ2v) is 8.63. The fourth-order valence-corrected chi connectivity index (χ4v) is 4.55. The standard InChI is InChI=1S/C25H22F3N3O5/c1-14(32)29-12-17-13-31(24(33)34-17)16-10-9-15-5-4-7-19-22(30-36-23(19)20(15)11-16)18-6-2-3-8-21(18)35-25(26,27)28/h2-3,6,8-11,17H,4-5,7,12-13H2,1H3,(H,29,32)/t17-/m0/s1. The number of fused-ring (bicyclic) bond motifs is 3. The molecular weight excluding hydrogens is 479 g/mol. The van der Waals surface area contributed by atoms with Gasteiger partial charge in [-0.15, -0.1) is 13.2 Å². The van der Waals surface area contributed by atoms with Gasteiger partial charge in [0.2, 0.25) is 5.91 Å². The molecule has 0 bridgehead atoms. The van der Waals surface area contributed by atoms with Crippen molar-refractivity contribution in [2.24, 2.45) is 0 Å². The van der Waals surface area contributed by atoms with Crippen molar-refractivity contribution in [3.63, 3.8) is 0 Å². The van der Waals surface area contributed by atoms with Crippen LogP contribution >= 0.6 is 0 Å². The molecule has 2 aromatic carbocycles. The minimum Gasteiger partial charge on any atom is -0.442 e. The lowest BCUT2D eigenvalue weighted by Gasteiger charge is -2.15. The second kappa shape index (κ2) is 9.21. The van der Waals surface area contributed by atoms with Crippen molar-refractivity contribution in [1.29, 1.82) is 0 Å². The third-order valence-corrected chi connectivity index (χ3v) is 6.13. The Bertz CT molecular complexity index is 1320. The number of amides is 2. The Balaban J connectivity index is 1.49. The van der Waals surface area contributed by atoms with Gasteiger partial charge in [0.15, 0.2) is 5.76 Å². The van der Waals surface area contributed by atoms with Crippen LogP contribution in [-0.2, 0) is 22.4 Å². The molecule has 0 unspecified atom stereocenters. The van der Waals surface area contributed by atoms with E-state index in [4.69, 9.17) is 9.26 Å². The van der Waals surface area contributed by atoms with Gasteiger partial charge in [-0.05, 0) is 49.1 Å². The van der Waals surface area contributed by atoms with E-state index in [1.165, 1.54) is 30.0 Å². The number of anilines is 1. The summed E-state index contributed by atoms with van der Waals surface area (Å²) in [5, 5.41) is 6.77. The number of cyclic esters (lactones) is 1. The number of aryl methyl sites for hydroxylation is 1. The molecule has 2 heterocycles. The van der Waals surface area contributed by atoms with Gasteiger partial charge in [-0.1, -0.05) is 23.4 Å². The van der Waals surface area contributed by atoms with Gasteiger partial charge in [0, 0.05) is 29.3 Å². The number of hydrogen-bond acceptors (Lipinski definition) is 6. The fraction of sp³-hybridized carbons (Fsp3) is 0.320. The van der Waals surface area contributed by atoms with Crippen molar-refractivity contribution in [2.75, 3.05) is 18.0 Å². The maximum atomic E-state index is 13.0. The van der Waals surface area contributed by atoms with Crippen LogP contribution in [0.15, 0.2) is 47.0 Å². The molecule has 0 spiro atoms. The second-order valence-electron chi connectivity index (χ2n) is 8.63. The highest BCUT2D eigenvalue weighted by molar-refractivity contribution is 5.91. The molecule has 1 aliphatic heterocycles. The van der Waals surface area contributed by atoms with Gasteiger partial charge in [-0.25, -0.2) is 4.79 Å². The van der Waals surface area contributed by atoms with Gasteiger partial charge in [0.05, 0.1) is 13.1 Å². The van der Waals surface area contributed by atoms with Gasteiger partial charge >= 0.3 is 12.5 Å². The van der Waals surface area contributed by atoms with Crippen molar-refractivity contribution in [3.05, 3.63) is 53.6 Å². The van der Waals surface area contributed by atoms with Crippen molar-refractivity contribution >= 4 is 17.7 Å². The van der Waals surface area contributed by atoms with E-state index in [1.807, 2.05) is 12.1 Å². The van der Waals surface area contributed by atoms with Crippen LogP contribution in [0.1, 0.15) is 24.5 Å². The molecular formula is C25H22F3N3O5. The van der Waals surface area contributed by atoms with Crippen molar-refractivity contribution in [2.45, 2.75) is 38.7 Å². The molecule has 1 fully saturated rings. The Kier molecular flexibility index (Phi) is 6.07. The Morgan fingerprint density at radius 2 is 2.00 bits per heavy atom. The van der Waals surface area contributed by atoms with Crippen LogP contribution in [-0.4, -0.2) is 42.7 Å². The maximum Gasteiger partial charge on any atom is 0.573 e. The summed E-state index contributed by atoms with van der Waals surface area (Å²) in [4.78, 5) is 25.2. The third-order valence-electron chi connectivity index (χ3n) is 6.13. The average molecular weight is 501 g/mol. The molecule has 36 heavy (non-hydrogen) atoms. The summed E-state index contributed by atoms with van der Waals surface area (Å²) in [5.41, 5.74) is 3.42. The Morgan fingerprint density at radius 1 is 1.19 bits per heavy atom. The van der Waals surface area contributed by atoms with Crippen LogP contribution in [0.5, 0.6) is 5.75 Å². The summed E-state index contributed by atoms with van der Waals surface area (Å²) in [6, 6.07) is 11.3. The molecule has 0 saturated carbocycles. The number of benzene rings is 2. The van der Waals surface area contributed by atoms with Crippen LogP contribution in [0.3, 0.4) is 0 Å². The first-order chi connectivity index (χ1) is 17.2. The highest BCUT2D eigenvalue weighted by Crippen LogP contribution is 2.42. The average Bonchev–Trinajstić information content (AvgIpc) is 3.35. The van der Waals surface area contributed by atoms with Crippen molar-refractivity contribution < 1.29 is 36.8 Å². The zero-order valence-electron chi connectivity index (χ0n) is 19.2. The molecule has 0 radical (unpaired) electrons. The first kappa shape index (κ1) is 23.7. The van der Waals surface area contributed by atoms with Gasteiger partial charge in [-0.2, -0.15) is 0 Å². The quantitative estimate of drug-likeness (QED) is 0.537. The first-order valence-corrected chi connectivity index (χ1v) is 11.4. The molecule has 11 heteroatoms. The third kappa shape index (κ3) is 4.73. The summed E-state index contributed by atoms with van der Waals surface area (Å²) in [5.74, 6) is -0.127. The summed E-state index contributed by atoms with van der Waals surface area (Å²) in [6.07, 6.45) is -3.87. The van der Waals surface area contributed by atoms with Gasteiger partial charge in [0.25, 0.3) is 0 Å². The predicted octanol–water partition coefficient (Wildman–Crippen LogP) is 4.86. The van der Waals surface area contributed by atoms with E-state index in [2.05, 4.69) is 15.2 Å². The maximum absolute atomic E-state index is 13.0. The number of nitrogens with one attached hydrogen (secondary N) is 1. The van der Waals surface area contributed by atoms with Crippen LogP contribution in [0.4, 0.5) is 23.7 Å². The molecule has 2 amide bonds. The summed E-state index contributed by atoms with van der Waals surface area (Å²) < 4.78 is 54.2. The van der Waals surface area contributed by atoms with E-state index in [0.717, 1.165) is 18.4 Å². The topological polar surface area (TPSA) is 93.9 Å². The van der Waals surface area contributed by atoms with E-state index in [1.54, 1.807) is 12.1 Å². The number of para-hydroxylation sites is 1. The van der Waals surface area contributed by atoms with Crippen molar-refractivity contribution in [3.8, 4) is 28.3 Å². The summed E-state index contributed by atoms with van der Waals surface area (Å²) in [7, 11) is 0. The van der Waals surface area contributed by atoms with E-state index in [0.29, 0.717) is 34.7 Å². The lowest BCUT2D eigenvalue weighted by molar-refractivity contribution is -0.274. The number of carbonyl (C=O) groups excluding carboxylic acids is 2. The van der Waals surface area contributed by atoms with Crippen LogP contribution in [0.25, 0.3) is 22.6 Å². The lowest BCUT2D eigenvalue weighted by Crippen LogP contribution is -2.33. The molecule has 2 aliphatic rings. The number of halogens is 3. The zero-order chi connectivity index (χ0) is 25.4. The molecule has 5 rings (SSSR count). The predicted molar refractivity (Wildman–Crippen MR) is 122 cm³/mol. The Morgan fingerprint density at radius 3 is 2.78 bits per heavy atom. The molecule has 1 N–H and O–H groups in total. The minimum absolute atomic E-state index is 0.184. The number of ether oxygens (including phenoxy) is 2. The molecule has 1 atom stereocenters. The number of alkyl halides is 3. The number of hydrogen-bond donors (Lipinski definition) is 1. The summed E-state index contributed by atoms with van der Waals surface area (Å²) in [6.45, 7) is 1.85. The molecule has 188 valence electrons. The Labute approximate surface area is 204 Å². The lowest BCUT2D eigenvalue weighted by atomic mass is 9.99. The summed E-state index contributed by atoms with van der Waals surface area (Å²) >= 11 is 0. The Hall–Kier alpha value is -4.02.